The Morgan fingerprint density at radius 3 is 2.79 bits per heavy atom. The first-order valence-electron chi connectivity index (χ1n) is 9.55. The zero-order chi connectivity index (χ0) is 19.2. The van der Waals surface area contributed by atoms with Crippen molar-refractivity contribution in [1.29, 1.82) is 0 Å². The maximum absolute atomic E-state index is 5.87. The highest BCUT2D eigenvalue weighted by Gasteiger charge is 2.21. The smallest absolute Gasteiger partial charge is 0.191 e. The van der Waals surface area contributed by atoms with Gasteiger partial charge in [0.25, 0.3) is 0 Å². The van der Waals surface area contributed by atoms with Gasteiger partial charge in [0.05, 0.1) is 19.8 Å². The number of benzene rings is 1. The van der Waals surface area contributed by atoms with Crippen LogP contribution in [0.4, 0.5) is 0 Å². The molecule has 1 unspecified atom stereocenters. The van der Waals surface area contributed by atoms with Crippen LogP contribution < -0.4 is 4.74 Å². The molecule has 0 radical (unpaired) electrons. The van der Waals surface area contributed by atoms with Gasteiger partial charge in [-0.15, -0.1) is 10.2 Å². The molecule has 7 heteroatoms. The molecule has 146 valence electrons. The molecule has 1 fully saturated rings. The number of hydrogen-bond donors (Lipinski definition) is 0. The van der Waals surface area contributed by atoms with E-state index in [2.05, 4.69) is 25.8 Å². The fraction of sp³-hybridized carbons (Fsp3) is 0.381. The summed E-state index contributed by atoms with van der Waals surface area (Å²) in [6.45, 7) is 1.62. The number of nitrogens with zero attached hydrogens (tertiary/aromatic N) is 4. The first-order chi connectivity index (χ1) is 13.8. The second kappa shape index (κ2) is 9.21. The van der Waals surface area contributed by atoms with Crippen LogP contribution in [-0.2, 0) is 17.7 Å². The number of thioether (sulfide) groups is 1. The molecule has 1 atom stereocenters. The monoisotopic (exact) mass is 396 g/mol. The molecule has 0 aliphatic carbocycles. The van der Waals surface area contributed by atoms with Crippen LogP contribution in [0.2, 0.25) is 0 Å². The standard InChI is InChI=1S/C21H24N4O2S/c1-26-18-9-7-16(8-10-18)20-23-24-21(25(20)15-19-6-4-13-27-19)28-14-11-17-5-2-3-12-22-17/h2-3,5,7-10,12,19H,4,6,11,13-15H2,1H3. The van der Waals surface area contributed by atoms with Crippen LogP contribution in [0.25, 0.3) is 11.4 Å². The topological polar surface area (TPSA) is 62.1 Å². The molecule has 3 heterocycles. The van der Waals surface area contributed by atoms with Crippen LogP contribution in [-0.4, -0.2) is 45.3 Å². The van der Waals surface area contributed by atoms with Crippen LogP contribution in [0.3, 0.4) is 0 Å². The Bertz CT molecular complexity index is 877. The third kappa shape index (κ3) is 4.54. The summed E-state index contributed by atoms with van der Waals surface area (Å²) in [6.07, 6.45) is 5.16. The lowest BCUT2D eigenvalue weighted by molar-refractivity contribution is 0.0953. The van der Waals surface area contributed by atoms with Crippen molar-refractivity contribution in [3.8, 4) is 17.1 Å². The summed E-state index contributed by atoms with van der Waals surface area (Å²) in [4.78, 5) is 4.40. The molecule has 0 bridgehead atoms. The molecule has 2 aromatic heterocycles. The number of aryl methyl sites for hydroxylation is 1. The molecule has 0 spiro atoms. The van der Waals surface area contributed by atoms with Gasteiger partial charge >= 0.3 is 0 Å². The lowest BCUT2D eigenvalue weighted by Gasteiger charge is -2.15. The molecule has 6 nitrogen and oxygen atoms in total. The van der Waals surface area contributed by atoms with Gasteiger partial charge in [0.15, 0.2) is 11.0 Å². The number of pyridine rings is 1. The van der Waals surface area contributed by atoms with Crippen molar-refractivity contribution >= 4 is 11.8 Å². The number of methoxy groups -OCH3 is 1. The van der Waals surface area contributed by atoms with Gasteiger partial charge < -0.3 is 9.47 Å². The van der Waals surface area contributed by atoms with Gasteiger partial charge in [-0.05, 0) is 55.7 Å². The van der Waals surface area contributed by atoms with Crippen molar-refractivity contribution in [3.63, 3.8) is 0 Å². The second-order valence-corrected chi connectivity index (χ2v) is 7.76. The highest BCUT2D eigenvalue weighted by atomic mass is 32.2. The average molecular weight is 397 g/mol. The van der Waals surface area contributed by atoms with E-state index < -0.39 is 0 Å². The SMILES string of the molecule is COc1ccc(-c2nnc(SCCc3ccccn3)n2CC2CCCO2)cc1. The predicted molar refractivity (Wildman–Crippen MR) is 110 cm³/mol. The van der Waals surface area contributed by atoms with E-state index >= 15 is 0 Å². The Balaban J connectivity index is 1.53. The summed E-state index contributed by atoms with van der Waals surface area (Å²) < 4.78 is 13.3. The molecular weight excluding hydrogens is 372 g/mol. The number of rotatable bonds is 8. The second-order valence-electron chi connectivity index (χ2n) is 6.70. The van der Waals surface area contributed by atoms with Crippen LogP contribution in [0, 0.1) is 0 Å². The van der Waals surface area contributed by atoms with Gasteiger partial charge in [-0.25, -0.2) is 0 Å². The molecule has 0 saturated carbocycles. The molecule has 1 saturated heterocycles. The van der Waals surface area contributed by atoms with E-state index in [-0.39, 0.29) is 6.10 Å². The van der Waals surface area contributed by atoms with E-state index in [1.807, 2.05) is 42.6 Å². The normalized spacial score (nSPS) is 16.4. The largest absolute Gasteiger partial charge is 0.497 e. The highest BCUT2D eigenvalue weighted by molar-refractivity contribution is 7.99. The Hall–Kier alpha value is -2.38. The average Bonchev–Trinajstić information content (AvgIpc) is 3.40. The van der Waals surface area contributed by atoms with Crippen LogP contribution in [0.15, 0.2) is 53.8 Å². The number of hydrogen-bond acceptors (Lipinski definition) is 6. The minimum atomic E-state index is 0.225. The molecular formula is C21H24N4O2S. The van der Waals surface area contributed by atoms with Crippen LogP contribution in [0.5, 0.6) is 5.75 Å². The van der Waals surface area contributed by atoms with Gasteiger partial charge in [-0.2, -0.15) is 0 Å². The fourth-order valence-corrected chi connectivity index (χ4v) is 4.21. The van der Waals surface area contributed by atoms with Gasteiger partial charge in [-0.3, -0.25) is 9.55 Å². The van der Waals surface area contributed by atoms with Gasteiger partial charge in [0.2, 0.25) is 0 Å². The maximum atomic E-state index is 5.87. The minimum Gasteiger partial charge on any atom is -0.497 e. The van der Waals surface area contributed by atoms with E-state index in [0.717, 1.165) is 66.2 Å². The predicted octanol–water partition coefficient (Wildman–Crippen LogP) is 3.86. The van der Waals surface area contributed by atoms with Crippen molar-refractivity contribution in [2.24, 2.45) is 0 Å². The van der Waals surface area contributed by atoms with Gasteiger partial charge in [0.1, 0.15) is 5.75 Å². The Morgan fingerprint density at radius 1 is 1.18 bits per heavy atom. The van der Waals surface area contributed by atoms with E-state index in [1.165, 1.54) is 0 Å². The van der Waals surface area contributed by atoms with E-state index in [9.17, 15) is 0 Å². The van der Waals surface area contributed by atoms with E-state index in [4.69, 9.17) is 9.47 Å². The van der Waals surface area contributed by atoms with Crippen LogP contribution >= 0.6 is 11.8 Å². The zero-order valence-electron chi connectivity index (χ0n) is 16.0. The Labute approximate surface area is 169 Å². The molecule has 0 amide bonds. The molecule has 1 aliphatic heterocycles. The molecule has 28 heavy (non-hydrogen) atoms. The summed E-state index contributed by atoms with van der Waals surface area (Å²) in [7, 11) is 1.67. The first-order valence-corrected chi connectivity index (χ1v) is 10.5. The van der Waals surface area contributed by atoms with E-state index in [1.54, 1.807) is 18.9 Å². The van der Waals surface area contributed by atoms with Gasteiger partial charge in [-0.1, -0.05) is 17.8 Å². The van der Waals surface area contributed by atoms with Crippen molar-refractivity contribution in [1.82, 2.24) is 19.7 Å². The number of ether oxygens (including phenoxy) is 2. The van der Waals surface area contributed by atoms with Gasteiger partial charge in [0, 0.05) is 29.8 Å². The molecule has 0 N–H and O–H groups in total. The highest BCUT2D eigenvalue weighted by Crippen LogP contribution is 2.28. The minimum absolute atomic E-state index is 0.225. The number of aromatic nitrogens is 4. The molecule has 4 rings (SSSR count). The van der Waals surface area contributed by atoms with Crippen molar-refractivity contribution < 1.29 is 9.47 Å². The quantitative estimate of drug-likeness (QED) is 0.539. The summed E-state index contributed by atoms with van der Waals surface area (Å²) in [5, 5.41) is 9.89. The molecule has 3 aromatic rings. The van der Waals surface area contributed by atoms with Crippen molar-refractivity contribution in [2.75, 3.05) is 19.5 Å². The summed E-state index contributed by atoms with van der Waals surface area (Å²) in [5.74, 6) is 2.61. The molecule has 1 aliphatic rings. The summed E-state index contributed by atoms with van der Waals surface area (Å²) in [5.41, 5.74) is 2.12. The molecule has 1 aromatic carbocycles. The van der Waals surface area contributed by atoms with Crippen LogP contribution in [0.1, 0.15) is 18.5 Å². The Morgan fingerprint density at radius 2 is 2.07 bits per heavy atom. The maximum Gasteiger partial charge on any atom is 0.191 e. The third-order valence-corrected chi connectivity index (χ3v) is 5.76. The summed E-state index contributed by atoms with van der Waals surface area (Å²) in [6, 6.07) is 14.0. The Kier molecular flexibility index (Phi) is 6.24. The lowest BCUT2D eigenvalue weighted by Crippen LogP contribution is -2.16. The zero-order valence-corrected chi connectivity index (χ0v) is 16.8. The lowest BCUT2D eigenvalue weighted by atomic mass is 10.2. The third-order valence-electron chi connectivity index (χ3n) is 4.79. The summed E-state index contributed by atoms with van der Waals surface area (Å²) >= 11 is 1.72. The van der Waals surface area contributed by atoms with E-state index in [0.29, 0.717) is 0 Å². The first kappa shape index (κ1) is 19.0. The van der Waals surface area contributed by atoms with Crippen molar-refractivity contribution in [2.45, 2.75) is 37.1 Å². The fourth-order valence-electron chi connectivity index (χ4n) is 3.30. The van der Waals surface area contributed by atoms with Crippen molar-refractivity contribution in [3.05, 3.63) is 54.4 Å².